The predicted octanol–water partition coefficient (Wildman–Crippen LogP) is 3.97. The molecular formula is C15H16ClFN2S. The summed E-state index contributed by atoms with van der Waals surface area (Å²) < 4.78 is 14.1. The van der Waals surface area contributed by atoms with Crippen molar-refractivity contribution in [3.05, 3.63) is 56.0 Å². The average molecular weight is 311 g/mol. The van der Waals surface area contributed by atoms with Crippen molar-refractivity contribution >= 4 is 22.9 Å². The smallest absolute Gasteiger partial charge is 0.129 e. The number of hydrogen-bond acceptors (Lipinski definition) is 3. The van der Waals surface area contributed by atoms with E-state index in [-0.39, 0.29) is 11.9 Å². The summed E-state index contributed by atoms with van der Waals surface area (Å²) in [6, 6.07) is 6.56. The van der Waals surface area contributed by atoms with Gasteiger partial charge in [0, 0.05) is 20.3 Å². The lowest BCUT2D eigenvalue weighted by Crippen LogP contribution is -2.28. The standard InChI is InChI=1S/C15H16ClFN2S/c16-10-5-6-11(12(17)8-10)15(19-18)14-7-9-3-1-2-4-13(9)20-14/h5-8,15,19H,1-4,18H2. The van der Waals surface area contributed by atoms with Crippen LogP contribution in [0.15, 0.2) is 24.3 Å². The molecule has 2 nitrogen and oxygen atoms in total. The van der Waals surface area contributed by atoms with Crippen molar-refractivity contribution in [3.8, 4) is 0 Å². The van der Waals surface area contributed by atoms with Crippen LogP contribution in [0.1, 0.15) is 39.8 Å². The summed E-state index contributed by atoms with van der Waals surface area (Å²) in [5, 5.41) is 0.396. The Bertz CT molecular complexity index is 603. The van der Waals surface area contributed by atoms with E-state index in [2.05, 4.69) is 11.5 Å². The number of nitrogens with two attached hydrogens (primary N) is 1. The number of halogens is 2. The Kier molecular flexibility index (Phi) is 4.08. The van der Waals surface area contributed by atoms with Gasteiger partial charge in [0.1, 0.15) is 5.82 Å². The molecule has 0 saturated heterocycles. The monoisotopic (exact) mass is 310 g/mol. The second-order valence-electron chi connectivity index (χ2n) is 5.07. The van der Waals surface area contributed by atoms with E-state index < -0.39 is 0 Å². The topological polar surface area (TPSA) is 38.0 Å². The van der Waals surface area contributed by atoms with Gasteiger partial charge in [0.05, 0.1) is 6.04 Å². The van der Waals surface area contributed by atoms with Gasteiger partial charge in [-0.25, -0.2) is 9.82 Å². The molecule has 106 valence electrons. The van der Waals surface area contributed by atoms with E-state index in [1.165, 1.54) is 29.3 Å². The summed E-state index contributed by atoms with van der Waals surface area (Å²) in [6.45, 7) is 0. The van der Waals surface area contributed by atoms with Crippen LogP contribution >= 0.6 is 22.9 Å². The Morgan fingerprint density at radius 3 is 2.75 bits per heavy atom. The van der Waals surface area contributed by atoms with Crippen LogP contribution in [0.3, 0.4) is 0 Å². The van der Waals surface area contributed by atoms with Crippen LogP contribution in [0, 0.1) is 5.82 Å². The van der Waals surface area contributed by atoms with Crippen molar-refractivity contribution in [3.63, 3.8) is 0 Å². The molecule has 0 amide bonds. The summed E-state index contributed by atoms with van der Waals surface area (Å²) in [5.74, 6) is 5.33. The molecule has 3 N–H and O–H groups in total. The molecule has 1 aliphatic rings. The van der Waals surface area contributed by atoms with E-state index in [9.17, 15) is 4.39 Å². The van der Waals surface area contributed by atoms with Crippen molar-refractivity contribution in [1.29, 1.82) is 0 Å². The number of hydrogen-bond donors (Lipinski definition) is 2. The van der Waals surface area contributed by atoms with Crippen molar-refractivity contribution in [2.45, 2.75) is 31.7 Å². The third-order valence-electron chi connectivity index (χ3n) is 3.74. The van der Waals surface area contributed by atoms with Gasteiger partial charge < -0.3 is 0 Å². The fourth-order valence-corrected chi connectivity index (χ4v) is 4.21. The fraction of sp³-hybridized carbons (Fsp3) is 0.333. The number of aryl methyl sites for hydroxylation is 2. The summed E-state index contributed by atoms with van der Waals surface area (Å²) in [5.41, 5.74) is 4.66. The highest BCUT2D eigenvalue weighted by Gasteiger charge is 2.22. The number of hydrazine groups is 1. The zero-order valence-electron chi connectivity index (χ0n) is 11.0. The summed E-state index contributed by atoms with van der Waals surface area (Å²) in [4.78, 5) is 2.49. The molecule has 1 heterocycles. The van der Waals surface area contributed by atoms with Crippen LogP contribution < -0.4 is 11.3 Å². The molecule has 1 atom stereocenters. The second-order valence-corrected chi connectivity index (χ2v) is 6.67. The molecule has 5 heteroatoms. The van der Waals surface area contributed by atoms with Gasteiger partial charge in [-0.05, 0) is 49.4 Å². The Balaban J connectivity index is 1.98. The van der Waals surface area contributed by atoms with E-state index >= 15 is 0 Å². The normalized spacial score (nSPS) is 15.9. The van der Waals surface area contributed by atoms with Crippen molar-refractivity contribution in [2.24, 2.45) is 5.84 Å². The van der Waals surface area contributed by atoms with Crippen LogP contribution in [0.4, 0.5) is 4.39 Å². The summed E-state index contributed by atoms with van der Waals surface area (Å²) >= 11 is 7.54. The summed E-state index contributed by atoms with van der Waals surface area (Å²) in [7, 11) is 0. The molecule has 0 saturated carbocycles. The van der Waals surface area contributed by atoms with E-state index in [1.54, 1.807) is 23.5 Å². The quantitative estimate of drug-likeness (QED) is 0.665. The molecular weight excluding hydrogens is 295 g/mol. The number of benzene rings is 1. The van der Waals surface area contributed by atoms with Gasteiger partial charge in [-0.2, -0.15) is 0 Å². The lowest BCUT2D eigenvalue weighted by molar-refractivity contribution is 0.564. The predicted molar refractivity (Wildman–Crippen MR) is 81.5 cm³/mol. The minimum atomic E-state index is -0.327. The van der Waals surface area contributed by atoms with Crippen molar-refractivity contribution in [1.82, 2.24) is 5.43 Å². The molecule has 1 unspecified atom stereocenters. The van der Waals surface area contributed by atoms with E-state index in [0.29, 0.717) is 10.6 Å². The van der Waals surface area contributed by atoms with Gasteiger partial charge in [0.2, 0.25) is 0 Å². The van der Waals surface area contributed by atoms with Gasteiger partial charge in [0.15, 0.2) is 0 Å². The first kappa shape index (κ1) is 14.0. The molecule has 0 fully saturated rings. The summed E-state index contributed by atoms with van der Waals surface area (Å²) in [6.07, 6.45) is 4.72. The molecule has 0 aliphatic heterocycles. The Labute approximate surface area is 126 Å². The van der Waals surface area contributed by atoms with Crippen LogP contribution in [0.5, 0.6) is 0 Å². The Morgan fingerprint density at radius 1 is 1.25 bits per heavy atom. The molecule has 0 bridgehead atoms. The molecule has 1 aromatic carbocycles. The molecule has 3 rings (SSSR count). The highest BCUT2D eigenvalue weighted by molar-refractivity contribution is 7.12. The molecule has 0 spiro atoms. The first-order valence-electron chi connectivity index (χ1n) is 6.71. The van der Waals surface area contributed by atoms with Gasteiger partial charge in [-0.3, -0.25) is 5.84 Å². The van der Waals surface area contributed by atoms with E-state index in [1.807, 2.05) is 0 Å². The Morgan fingerprint density at radius 2 is 2.05 bits per heavy atom. The largest absolute Gasteiger partial charge is 0.271 e. The van der Waals surface area contributed by atoms with Crippen molar-refractivity contribution in [2.75, 3.05) is 0 Å². The Hall–Kier alpha value is -0.940. The lowest BCUT2D eigenvalue weighted by atomic mass is 9.98. The highest BCUT2D eigenvalue weighted by atomic mass is 35.5. The van der Waals surface area contributed by atoms with Gasteiger partial charge in [-0.15, -0.1) is 11.3 Å². The van der Waals surface area contributed by atoms with Gasteiger partial charge in [-0.1, -0.05) is 17.7 Å². The maximum absolute atomic E-state index is 14.1. The lowest BCUT2D eigenvalue weighted by Gasteiger charge is -2.15. The molecule has 1 aliphatic carbocycles. The number of fused-ring (bicyclic) bond motifs is 1. The molecule has 2 aromatic rings. The molecule has 1 aromatic heterocycles. The van der Waals surface area contributed by atoms with Crippen LogP contribution in [0.2, 0.25) is 5.02 Å². The van der Waals surface area contributed by atoms with Gasteiger partial charge in [0.25, 0.3) is 0 Å². The highest BCUT2D eigenvalue weighted by Crippen LogP contribution is 2.36. The zero-order valence-corrected chi connectivity index (χ0v) is 12.5. The average Bonchev–Trinajstić information content (AvgIpc) is 2.85. The van der Waals surface area contributed by atoms with Crippen LogP contribution in [-0.4, -0.2) is 0 Å². The third kappa shape index (κ3) is 2.61. The SMILES string of the molecule is NNC(c1cc2c(s1)CCCC2)c1ccc(Cl)cc1F. The number of thiophene rings is 1. The van der Waals surface area contributed by atoms with Crippen molar-refractivity contribution < 1.29 is 4.39 Å². The van der Waals surface area contributed by atoms with E-state index in [0.717, 1.165) is 17.7 Å². The van der Waals surface area contributed by atoms with Crippen LogP contribution in [0.25, 0.3) is 0 Å². The third-order valence-corrected chi connectivity index (χ3v) is 5.28. The first-order chi connectivity index (χ1) is 9.69. The molecule has 0 radical (unpaired) electrons. The van der Waals surface area contributed by atoms with Gasteiger partial charge >= 0.3 is 0 Å². The fourth-order valence-electron chi connectivity index (χ4n) is 2.72. The first-order valence-corrected chi connectivity index (χ1v) is 7.91. The zero-order chi connectivity index (χ0) is 14.1. The van der Waals surface area contributed by atoms with E-state index in [4.69, 9.17) is 17.4 Å². The molecule has 20 heavy (non-hydrogen) atoms. The number of nitrogens with one attached hydrogen (secondary N) is 1. The maximum atomic E-state index is 14.1. The van der Waals surface area contributed by atoms with Crippen LogP contribution in [-0.2, 0) is 12.8 Å². The minimum absolute atomic E-state index is 0.317. The number of rotatable bonds is 3. The maximum Gasteiger partial charge on any atom is 0.129 e. The second kappa shape index (κ2) is 5.82. The minimum Gasteiger partial charge on any atom is -0.271 e.